The summed E-state index contributed by atoms with van der Waals surface area (Å²) in [4.78, 5) is 2.28. The lowest BCUT2D eigenvalue weighted by Gasteiger charge is -2.19. The van der Waals surface area contributed by atoms with E-state index in [2.05, 4.69) is 35.7 Å². The molecule has 18 heavy (non-hydrogen) atoms. The summed E-state index contributed by atoms with van der Waals surface area (Å²) in [6.07, 6.45) is 2.00. The fourth-order valence-corrected chi connectivity index (χ4v) is 2.21. The molecule has 1 fully saturated rings. The zero-order valence-electron chi connectivity index (χ0n) is 10.9. The van der Waals surface area contributed by atoms with Crippen molar-refractivity contribution in [2.45, 2.75) is 25.8 Å². The molecule has 1 aliphatic rings. The molecule has 0 aromatic heterocycles. The van der Waals surface area contributed by atoms with Crippen LogP contribution in [0, 0.1) is 0 Å². The zero-order valence-corrected chi connectivity index (χ0v) is 10.9. The first kappa shape index (κ1) is 13.3. The van der Waals surface area contributed by atoms with Crippen LogP contribution in [0.5, 0.6) is 0 Å². The van der Waals surface area contributed by atoms with Crippen LogP contribution in [0.3, 0.4) is 0 Å². The first-order chi connectivity index (χ1) is 8.83. The Hall–Kier alpha value is -1.16. The number of hydrogen-bond acceptors (Lipinski definition) is 3. The van der Waals surface area contributed by atoms with E-state index in [-0.39, 0.29) is 12.3 Å². The molecule has 0 N–H and O–H groups in total. The van der Waals surface area contributed by atoms with Gasteiger partial charge in [0.05, 0.1) is 12.7 Å². The molecule has 0 bridgehead atoms. The Morgan fingerprint density at radius 2 is 2.22 bits per heavy atom. The van der Waals surface area contributed by atoms with Crippen LogP contribution < -0.4 is 0 Å². The van der Waals surface area contributed by atoms with Crippen molar-refractivity contribution in [1.82, 2.24) is 4.90 Å². The Bertz CT molecular complexity index is 366. The van der Waals surface area contributed by atoms with Crippen LogP contribution in [0.15, 0.2) is 43.0 Å². The molecule has 0 radical (unpaired) electrons. The van der Waals surface area contributed by atoms with E-state index in [0.29, 0.717) is 6.61 Å². The van der Waals surface area contributed by atoms with Gasteiger partial charge in [-0.1, -0.05) is 36.9 Å². The number of benzene rings is 1. The molecule has 1 aromatic carbocycles. The van der Waals surface area contributed by atoms with Crippen molar-refractivity contribution in [2.24, 2.45) is 0 Å². The lowest BCUT2D eigenvalue weighted by Crippen LogP contribution is -2.28. The fraction of sp³-hybridized carbons (Fsp3) is 0.467. The number of rotatable bonds is 6. The fourth-order valence-electron chi connectivity index (χ4n) is 2.21. The van der Waals surface area contributed by atoms with E-state index in [0.717, 1.165) is 19.7 Å². The largest absolute Gasteiger partial charge is 0.379 e. The Balaban J connectivity index is 1.93. The summed E-state index contributed by atoms with van der Waals surface area (Å²) in [6.45, 7) is 9.02. The van der Waals surface area contributed by atoms with Crippen molar-refractivity contribution >= 4 is 0 Å². The summed E-state index contributed by atoms with van der Waals surface area (Å²) in [5, 5.41) is 0. The van der Waals surface area contributed by atoms with Crippen molar-refractivity contribution < 1.29 is 9.47 Å². The molecule has 3 heteroatoms. The number of ether oxygens (including phenoxy) is 2. The Kier molecular flexibility index (Phi) is 4.93. The maximum atomic E-state index is 5.88. The van der Waals surface area contributed by atoms with Crippen molar-refractivity contribution in [1.29, 1.82) is 0 Å². The standard InChI is InChI=1S/C15H21NO2/c1-3-15-16(10-13-8-6-5-7-9-13)11-14(18-15)12-17-4-2/h3,5-9,14-15H,1,4,10-12H2,2H3. The first-order valence-corrected chi connectivity index (χ1v) is 6.47. The van der Waals surface area contributed by atoms with Gasteiger partial charge in [-0.2, -0.15) is 0 Å². The Morgan fingerprint density at radius 1 is 1.44 bits per heavy atom. The topological polar surface area (TPSA) is 21.7 Å². The zero-order chi connectivity index (χ0) is 12.8. The van der Waals surface area contributed by atoms with Crippen molar-refractivity contribution in [2.75, 3.05) is 19.8 Å². The van der Waals surface area contributed by atoms with E-state index in [1.165, 1.54) is 5.56 Å². The Morgan fingerprint density at radius 3 is 2.89 bits per heavy atom. The maximum absolute atomic E-state index is 5.88. The molecule has 1 saturated heterocycles. The summed E-state index contributed by atoms with van der Waals surface area (Å²) in [5.74, 6) is 0. The number of hydrogen-bond donors (Lipinski definition) is 0. The highest BCUT2D eigenvalue weighted by Crippen LogP contribution is 2.20. The number of nitrogens with zero attached hydrogens (tertiary/aromatic N) is 1. The van der Waals surface area contributed by atoms with Crippen LogP contribution in [-0.4, -0.2) is 37.0 Å². The van der Waals surface area contributed by atoms with Crippen LogP contribution in [0.4, 0.5) is 0 Å². The third-order valence-corrected chi connectivity index (χ3v) is 3.07. The van der Waals surface area contributed by atoms with Crippen molar-refractivity contribution in [3.8, 4) is 0 Å². The highest BCUT2D eigenvalue weighted by atomic mass is 16.6. The van der Waals surface area contributed by atoms with Gasteiger partial charge in [0.2, 0.25) is 0 Å². The van der Waals surface area contributed by atoms with Gasteiger partial charge >= 0.3 is 0 Å². The quantitative estimate of drug-likeness (QED) is 0.721. The molecule has 0 aliphatic carbocycles. The second-order valence-electron chi connectivity index (χ2n) is 4.46. The third kappa shape index (κ3) is 3.42. The molecule has 1 aliphatic heterocycles. The van der Waals surface area contributed by atoms with Crippen molar-refractivity contribution in [3.63, 3.8) is 0 Å². The molecule has 98 valence electrons. The van der Waals surface area contributed by atoms with Crippen LogP contribution in [-0.2, 0) is 16.0 Å². The normalized spacial score (nSPS) is 24.3. The second-order valence-corrected chi connectivity index (χ2v) is 4.46. The molecule has 2 rings (SSSR count). The molecular formula is C15H21NO2. The Labute approximate surface area is 109 Å². The van der Waals surface area contributed by atoms with Gasteiger partial charge in [-0.3, -0.25) is 4.90 Å². The predicted octanol–water partition coefficient (Wildman–Crippen LogP) is 2.44. The average molecular weight is 247 g/mol. The van der Waals surface area contributed by atoms with Gasteiger partial charge in [0.15, 0.2) is 0 Å². The van der Waals surface area contributed by atoms with Gasteiger partial charge in [-0.05, 0) is 18.6 Å². The second kappa shape index (κ2) is 6.69. The smallest absolute Gasteiger partial charge is 0.130 e. The monoisotopic (exact) mass is 247 g/mol. The summed E-state index contributed by atoms with van der Waals surface area (Å²) >= 11 is 0. The van der Waals surface area contributed by atoms with E-state index in [1.807, 2.05) is 19.1 Å². The molecule has 2 unspecified atom stereocenters. The van der Waals surface area contributed by atoms with Gasteiger partial charge < -0.3 is 9.47 Å². The minimum absolute atomic E-state index is 0.00402. The van der Waals surface area contributed by atoms with Crippen LogP contribution in [0.25, 0.3) is 0 Å². The summed E-state index contributed by atoms with van der Waals surface area (Å²) in [5.41, 5.74) is 1.30. The van der Waals surface area contributed by atoms with Crippen LogP contribution in [0.1, 0.15) is 12.5 Å². The highest BCUT2D eigenvalue weighted by Gasteiger charge is 2.30. The molecule has 1 aromatic rings. The van der Waals surface area contributed by atoms with E-state index < -0.39 is 0 Å². The van der Waals surface area contributed by atoms with Gasteiger partial charge in [0.1, 0.15) is 6.23 Å². The SMILES string of the molecule is C=CC1OC(COCC)CN1Cc1ccccc1. The average Bonchev–Trinajstić information content (AvgIpc) is 2.80. The summed E-state index contributed by atoms with van der Waals surface area (Å²) in [7, 11) is 0. The molecule has 0 saturated carbocycles. The minimum atomic E-state index is -0.00402. The molecule has 1 heterocycles. The predicted molar refractivity (Wildman–Crippen MR) is 72.2 cm³/mol. The first-order valence-electron chi connectivity index (χ1n) is 6.47. The maximum Gasteiger partial charge on any atom is 0.130 e. The van der Waals surface area contributed by atoms with Crippen LogP contribution >= 0.6 is 0 Å². The third-order valence-electron chi connectivity index (χ3n) is 3.07. The van der Waals surface area contributed by atoms with E-state index in [1.54, 1.807) is 0 Å². The van der Waals surface area contributed by atoms with Crippen molar-refractivity contribution in [3.05, 3.63) is 48.6 Å². The van der Waals surface area contributed by atoms with Gasteiger partial charge in [0, 0.05) is 19.7 Å². The van der Waals surface area contributed by atoms with E-state index in [4.69, 9.17) is 9.47 Å². The van der Waals surface area contributed by atoms with E-state index in [9.17, 15) is 0 Å². The molecule has 0 amide bonds. The molecule has 3 nitrogen and oxygen atoms in total. The van der Waals surface area contributed by atoms with E-state index >= 15 is 0 Å². The lowest BCUT2D eigenvalue weighted by molar-refractivity contribution is -0.0103. The lowest BCUT2D eigenvalue weighted by atomic mass is 10.2. The van der Waals surface area contributed by atoms with Crippen LogP contribution in [0.2, 0.25) is 0 Å². The molecule has 2 atom stereocenters. The molecule has 0 spiro atoms. The molecular weight excluding hydrogens is 226 g/mol. The summed E-state index contributed by atoms with van der Waals surface area (Å²) < 4.78 is 11.3. The summed E-state index contributed by atoms with van der Waals surface area (Å²) in [6, 6.07) is 10.4. The minimum Gasteiger partial charge on any atom is -0.379 e. The highest BCUT2D eigenvalue weighted by molar-refractivity contribution is 5.15. The van der Waals surface area contributed by atoms with Gasteiger partial charge in [0.25, 0.3) is 0 Å². The van der Waals surface area contributed by atoms with Gasteiger partial charge in [-0.25, -0.2) is 0 Å². The van der Waals surface area contributed by atoms with Gasteiger partial charge in [-0.15, -0.1) is 0 Å².